The summed E-state index contributed by atoms with van der Waals surface area (Å²) in [6, 6.07) is 7.32. The Morgan fingerprint density at radius 1 is 1.26 bits per heavy atom. The number of aryl methyl sites for hydroxylation is 2. The monoisotopic (exact) mass is 255 g/mol. The molecule has 0 radical (unpaired) electrons. The van der Waals surface area contributed by atoms with Crippen molar-refractivity contribution in [1.82, 2.24) is 14.7 Å². The zero-order valence-electron chi connectivity index (χ0n) is 10.8. The van der Waals surface area contributed by atoms with Crippen LogP contribution in [0.1, 0.15) is 17.0 Å². The van der Waals surface area contributed by atoms with Crippen LogP contribution in [0.4, 0.5) is 0 Å². The minimum absolute atomic E-state index is 0.0504. The van der Waals surface area contributed by atoms with Gasteiger partial charge in [0.25, 0.3) is 5.56 Å². The average molecular weight is 255 g/mol. The number of nitrogens with zero attached hydrogens (tertiary/aromatic N) is 3. The molecule has 0 amide bonds. The predicted octanol–water partition coefficient (Wildman–Crippen LogP) is 2.05. The number of hydrogen-bond acceptors (Lipinski definition) is 4. The first kappa shape index (κ1) is 11.6. The second-order valence-electron chi connectivity index (χ2n) is 4.50. The lowest BCUT2D eigenvalue weighted by Gasteiger charge is -2.06. The number of para-hydroxylation sites is 1. The van der Waals surface area contributed by atoms with Gasteiger partial charge in [-0.05, 0) is 26.0 Å². The molecule has 19 heavy (non-hydrogen) atoms. The first-order chi connectivity index (χ1) is 9.16. The van der Waals surface area contributed by atoms with E-state index in [1.165, 1.54) is 0 Å². The zero-order valence-corrected chi connectivity index (χ0v) is 10.8. The molecule has 3 aromatic rings. The number of fused-ring (bicyclic) bond motifs is 1. The molecule has 2 heterocycles. The second-order valence-corrected chi connectivity index (χ2v) is 4.50. The number of benzene rings is 1. The van der Waals surface area contributed by atoms with Gasteiger partial charge in [0.15, 0.2) is 0 Å². The number of rotatable bonds is 2. The van der Waals surface area contributed by atoms with E-state index in [4.69, 9.17) is 4.52 Å². The molecule has 0 fully saturated rings. The largest absolute Gasteiger partial charge is 0.361 e. The number of aromatic nitrogens is 3. The summed E-state index contributed by atoms with van der Waals surface area (Å²) in [6.45, 7) is 4.14. The van der Waals surface area contributed by atoms with Crippen molar-refractivity contribution in [1.29, 1.82) is 0 Å². The number of hydrogen-bond donors (Lipinski definition) is 0. The van der Waals surface area contributed by atoms with Crippen molar-refractivity contribution < 1.29 is 4.52 Å². The highest BCUT2D eigenvalue weighted by molar-refractivity contribution is 5.76. The Labute approximate surface area is 109 Å². The quantitative estimate of drug-likeness (QED) is 0.703. The Morgan fingerprint density at radius 3 is 2.79 bits per heavy atom. The van der Waals surface area contributed by atoms with Gasteiger partial charge in [-0.1, -0.05) is 17.3 Å². The third-order valence-electron chi connectivity index (χ3n) is 3.24. The maximum absolute atomic E-state index is 12.3. The van der Waals surface area contributed by atoms with Crippen LogP contribution in [0, 0.1) is 13.8 Å². The molecule has 0 aliphatic carbocycles. The van der Waals surface area contributed by atoms with Crippen molar-refractivity contribution in [3.8, 4) is 0 Å². The van der Waals surface area contributed by atoms with E-state index in [1.54, 1.807) is 17.0 Å². The molecule has 5 heteroatoms. The summed E-state index contributed by atoms with van der Waals surface area (Å²) in [5, 5.41) is 4.52. The highest BCUT2D eigenvalue weighted by Gasteiger charge is 2.11. The van der Waals surface area contributed by atoms with Gasteiger partial charge in [0.2, 0.25) is 0 Å². The summed E-state index contributed by atoms with van der Waals surface area (Å²) >= 11 is 0. The van der Waals surface area contributed by atoms with Crippen LogP contribution in [0.25, 0.3) is 10.9 Å². The molecule has 1 aromatic carbocycles. The summed E-state index contributed by atoms with van der Waals surface area (Å²) in [4.78, 5) is 16.6. The van der Waals surface area contributed by atoms with Crippen LogP contribution in [0.5, 0.6) is 0 Å². The zero-order chi connectivity index (χ0) is 13.4. The van der Waals surface area contributed by atoms with E-state index >= 15 is 0 Å². The van der Waals surface area contributed by atoms with Crippen molar-refractivity contribution in [2.24, 2.45) is 0 Å². The van der Waals surface area contributed by atoms with Gasteiger partial charge >= 0.3 is 0 Å². The van der Waals surface area contributed by atoms with Gasteiger partial charge in [-0.2, -0.15) is 0 Å². The van der Waals surface area contributed by atoms with Crippen LogP contribution in [0.15, 0.2) is 39.9 Å². The smallest absolute Gasteiger partial charge is 0.261 e. The highest BCUT2D eigenvalue weighted by Crippen LogP contribution is 2.13. The van der Waals surface area contributed by atoms with E-state index in [1.807, 2.05) is 32.0 Å². The molecular formula is C14H13N3O2. The van der Waals surface area contributed by atoms with E-state index in [0.29, 0.717) is 17.4 Å². The predicted molar refractivity (Wildman–Crippen MR) is 71.1 cm³/mol. The van der Waals surface area contributed by atoms with Crippen LogP contribution in [0.2, 0.25) is 0 Å². The maximum Gasteiger partial charge on any atom is 0.261 e. The third kappa shape index (κ3) is 1.93. The molecule has 0 aliphatic rings. The van der Waals surface area contributed by atoms with Gasteiger partial charge in [-0.15, -0.1) is 0 Å². The topological polar surface area (TPSA) is 60.9 Å². The highest BCUT2D eigenvalue weighted by atomic mass is 16.5. The Bertz CT molecular complexity index is 782. The van der Waals surface area contributed by atoms with Crippen LogP contribution < -0.4 is 5.56 Å². The van der Waals surface area contributed by atoms with Crippen molar-refractivity contribution in [2.75, 3.05) is 0 Å². The van der Waals surface area contributed by atoms with E-state index in [0.717, 1.165) is 17.0 Å². The lowest BCUT2D eigenvalue weighted by molar-refractivity contribution is 0.392. The summed E-state index contributed by atoms with van der Waals surface area (Å²) in [5.74, 6) is 0.734. The first-order valence-corrected chi connectivity index (χ1v) is 6.03. The third-order valence-corrected chi connectivity index (χ3v) is 3.24. The van der Waals surface area contributed by atoms with E-state index in [2.05, 4.69) is 10.1 Å². The van der Waals surface area contributed by atoms with Crippen LogP contribution >= 0.6 is 0 Å². The molecule has 0 aliphatic heterocycles. The molecule has 0 atom stereocenters. The standard InChI is InChI=1S/C14H13N3O2/c1-9-12(10(2)19-16-9)7-17-8-15-13-6-4-3-5-11(13)14(17)18/h3-6,8H,7H2,1-2H3. The lowest BCUT2D eigenvalue weighted by atomic mass is 10.2. The normalized spacial score (nSPS) is 11.1. The van der Waals surface area contributed by atoms with Gasteiger partial charge in [-0.25, -0.2) is 4.98 Å². The fourth-order valence-corrected chi connectivity index (χ4v) is 2.12. The van der Waals surface area contributed by atoms with Crippen LogP contribution in [0.3, 0.4) is 0 Å². The minimum Gasteiger partial charge on any atom is -0.361 e. The van der Waals surface area contributed by atoms with Gasteiger partial charge in [0.05, 0.1) is 29.5 Å². The van der Waals surface area contributed by atoms with Gasteiger partial charge in [0.1, 0.15) is 5.76 Å². The second kappa shape index (κ2) is 4.35. The van der Waals surface area contributed by atoms with Crippen molar-refractivity contribution in [2.45, 2.75) is 20.4 Å². The molecule has 5 nitrogen and oxygen atoms in total. The Hall–Kier alpha value is -2.43. The molecule has 0 saturated carbocycles. The molecule has 2 aromatic heterocycles. The molecule has 0 N–H and O–H groups in total. The molecule has 3 rings (SSSR count). The molecule has 0 saturated heterocycles. The van der Waals surface area contributed by atoms with Gasteiger partial charge in [0, 0.05) is 5.56 Å². The summed E-state index contributed by atoms with van der Waals surface area (Å²) < 4.78 is 6.69. The Kier molecular flexibility index (Phi) is 2.67. The minimum atomic E-state index is -0.0504. The molecule has 96 valence electrons. The van der Waals surface area contributed by atoms with Gasteiger partial charge in [-0.3, -0.25) is 9.36 Å². The van der Waals surface area contributed by atoms with Crippen LogP contribution in [-0.2, 0) is 6.54 Å². The first-order valence-electron chi connectivity index (χ1n) is 6.03. The fraction of sp³-hybridized carbons (Fsp3) is 0.214. The molecular weight excluding hydrogens is 242 g/mol. The summed E-state index contributed by atoms with van der Waals surface area (Å²) in [6.07, 6.45) is 1.57. The fourth-order valence-electron chi connectivity index (χ4n) is 2.12. The van der Waals surface area contributed by atoms with E-state index in [-0.39, 0.29) is 5.56 Å². The maximum atomic E-state index is 12.3. The molecule has 0 unspecified atom stereocenters. The lowest BCUT2D eigenvalue weighted by Crippen LogP contribution is -2.21. The average Bonchev–Trinajstić information content (AvgIpc) is 2.74. The van der Waals surface area contributed by atoms with Crippen molar-refractivity contribution in [3.63, 3.8) is 0 Å². The SMILES string of the molecule is Cc1noc(C)c1Cn1cnc2ccccc2c1=O. The van der Waals surface area contributed by atoms with Crippen LogP contribution in [-0.4, -0.2) is 14.7 Å². The summed E-state index contributed by atoms with van der Waals surface area (Å²) in [7, 11) is 0. The van der Waals surface area contributed by atoms with E-state index in [9.17, 15) is 4.79 Å². The van der Waals surface area contributed by atoms with E-state index < -0.39 is 0 Å². The van der Waals surface area contributed by atoms with Gasteiger partial charge < -0.3 is 4.52 Å². The Balaban J connectivity index is 2.12. The van der Waals surface area contributed by atoms with Crippen molar-refractivity contribution in [3.05, 3.63) is 58.0 Å². The summed E-state index contributed by atoms with van der Waals surface area (Å²) in [5.41, 5.74) is 2.39. The van der Waals surface area contributed by atoms with Crippen molar-refractivity contribution >= 4 is 10.9 Å². The molecule has 0 bridgehead atoms. The Morgan fingerprint density at radius 2 is 2.05 bits per heavy atom. The molecule has 0 spiro atoms.